The third-order valence-electron chi connectivity index (χ3n) is 9.83. The molecule has 0 saturated carbocycles. The molecule has 4 heteroatoms. The van der Waals surface area contributed by atoms with Crippen LogP contribution in [-0.2, 0) is 6.42 Å². The van der Waals surface area contributed by atoms with Crippen molar-refractivity contribution in [2.24, 2.45) is 0 Å². The van der Waals surface area contributed by atoms with Crippen molar-refractivity contribution in [3.63, 3.8) is 0 Å². The molecule has 0 fully saturated rings. The fraction of sp³-hybridized carbons (Fsp3) is 0.0465. The van der Waals surface area contributed by atoms with Gasteiger partial charge in [-0.05, 0) is 90.7 Å². The summed E-state index contributed by atoms with van der Waals surface area (Å²) in [6.45, 7) is 0. The molecule has 0 N–H and O–H groups in total. The highest BCUT2D eigenvalue weighted by Crippen LogP contribution is 2.43. The SMILES string of the molecule is N#Cc1ccc(-n2c3ccccc3c3ccc4oc5ccccc5c4c32)c(-c2ccc(-n3c4c(c5ccccc53)CCC=C4)cc2)c1. The Bertz CT molecular complexity index is 2800. The molecule has 0 unspecified atom stereocenters. The summed E-state index contributed by atoms with van der Waals surface area (Å²) < 4.78 is 11.1. The summed E-state index contributed by atoms with van der Waals surface area (Å²) in [6.07, 6.45) is 6.67. The molecular weight excluding hydrogens is 574 g/mol. The van der Waals surface area contributed by atoms with Crippen molar-refractivity contribution in [2.75, 3.05) is 0 Å². The van der Waals surface area contributed by atoms with Gasteiger partial charge in [-0.1, -0.05) is 72.8 Å². The lowest BCUT2D eigenvalue weighted by atomic mass is 10.00. The second-order valence-electron chi connectivity index (χ2n) is 12.3. The van der Waals surface area contributed by atoms with Crippen LogP contribution >= 0.6 is 0 Å². The molecule has 0 spiro atoms. The Morgan fingerprint density at radius 3 is 2.21 bits per heavy atom. The van der Waals surface area contributed by atoms with Crippen molar-refractivity contribution in [2.45, 2.75) is 12.8 Å². The molecule has 220 valence electrons. The Kier molecular flexibility index (Phi) is 5.44. The van der Waals surface area contributed by atoms with Gasteiger partial charge in [0, 0.05) is 38.5 Å². The summed E-state index contributed by atoms with van der Waals surface area (Å²) in [6, 6.07) is 47.0. The van der Waals surface area contributed by atoms with Crippen molar-refractivity contribution in [1.82, 2.24) is 9.13 Å². The van der Waals surface area contributed by atoms with Gasteiger partial charge >= 0.3 is 0 Å². The lowest BCUT2D eigenvalue weighted by molar-refractivity contribution is 0.669. The van der Waals surface area contributed by atoms with Crippen LogP contribution in [0.4, 0.5) is 0 Å². The summed E-state index contributed by atoms with van der Waals surface area (Å²) in [4.78, 5) is 0. The number of aromatic nitrogens is 2. The zero-order valence-electron chi connectivity index (χ0n) is 25.4. The topological polar surface area (TPSA) is 46.8 Å². The van der Waals surface area contributed by atoms with Gasteiger partial charge in [0.05, 0.1) is 39.3 Å². The van der Waals surface area contributed by atoms with E-state index in [-0.39, 0.29) is 0 Å². The largest absolute Gasteiger partial charge is 0.456 e. The van der Waals surface area contributed by atoms with Gasteiger partial charge < -0.3 is 13.6 Å². The molecule has 10 rings (SSSR count). The third-order valence-corrected chi connectivity index (χ3v) is 9.83. The normalized spacial score (nSPS) is 12.8. The maximum Gasteiger partial charge on any atom is 0.137 e. The lowest BCUT2D eigenvalue weighted by Gasteiger charge is -2.16. The van der Waals surface area contributed by atoms with E-state index in [9.17, 15) is 5.26 Å². The van der Waals surface area contributed by atoms with Crippen molar-refractivity contribution in [3.05, 3.63) is 150 Å². The highest BCUT2D eigenvalue weighted by atomic mass is 16.3. The Hall–Kier alpha value is -6.31. The standard InChI is InChI=1S/C43H27N3O/c44-26-27-17-23-39(46-38-15-7-3-11-32(38)33-22-24-41-42(43(33)46)34-12-4-8-16-40(34)47-41)35(25-27)28-18-20-29(21-19-28)45-36-13-5-1-9-30(36)31-10-2-6-14-37(31)45/h1,3-9,11-25H,2,10H2. The van der Waals surface area contributed by atoms with E-state index >= 15 is 0 Å². The first-order valence-electron chi connectivity index (χ1n) is 16.1. The number of furan rings is 1. The molecule has 0 bridgehead atoms. The van der Waals surface area contributed by atoms with Gasteiger partial charge in [-0.15, -0.1) is 0 Å². The smallest absolute Gasteiger partial charge is 0.137 e. The van der Waals surface area contributed by atoms with E-state index in [4.69, 9.17) is 4.42 Å². The minimum Gasteiger partial charge on any atom is -0.456 e. The van der Waals surface area contributed by atoms with Crippen LogP contribution in [0.15, 0.2) is 138 Å². The van der Waals surface area contributed by atoms with Crippen LogP contribution < -0.4 is 0 Å². The van der Waals surface area contributed by atoms with Crippen molar-refractivity contribution in [1.29, 1.82) is 5.26 Å². The molecule has 9 aromatic rings. The second-order valence-corrected chi connectivity index (χ2v) is 12.3. The van der Waals surface area contributed by atoms with Gasteiger partial charge in [0.25, 0.3) is 0 Å². The van der Waals surface area contributed by atoms with Crippen LogP contribution in [0.25, 0.3) is 83.2 Å². The van der Waals surface area contributed by atoms with Crippen LogP contribution in [0.3, 0.4) is 0 Å². The summed E-state index contributed by atoms with van der Waals surface area (Å²) in [5, 5.41) is 15.9. The quantitative estimate of drug-likeness (QED) is 0.202. The van der Waals surface area contributed by atoms with E-state index in [2.05, 4.69) is 130 Å². The molecule has 4 nitrogen and oxygen atoms in total. The van der Waals surface area contributed by atoms with E-state index in [0.29, 0.717) is 5.56 Å². The minimum absolute atomic E-state index is 0.628. The molecule has 1 aliphatic rings. The van der Waals surface area contributed by atoms with Crippen molar-refractivity contribution in [3.8, 4) is 28.6 Å². The molecule has 0 atom stereocenters. The predicted molar refractivity (Wildman–Crippen MR) is 192 cm³/mol. The lowest BCUT2D eigenvalue weighted by Crippen LogP contribution is -2.01. The molecule has 3 heterocycles. The Balaban J connectivity index is 1.23. The van der Waals surface area contributed by atoms with Gasteiger partial charge in [0.15, 0.2) is 0 Å². The number of rotatable bonds is 3. The van der Waals surface area contributed by atoms with E-state index in [1.54, 1.807) is 0 Å². The fourth-order valence-corrected chi connectivity index (χ4v) is 7.80. The van der Waals surface area contributed by atoms with E-state index in [1.165, 1.54) is 32.9 Å². The Labute approximate surface area is 270 Å². The summed E-state index contributed by atoms with van der Waals surface area (Å²) in [7, 11) is 0. The molecule has 1 aliphatic carbocycles. The number of aryl methyl sites for hydroxylation is 1. The summed E-state index contributed by atoms with van der Waals surface area (Å²) in [5.74, 6) is 0. The zero-order chi connectivity index (χ0) is 31.1. The first-order chi connectivity index (χ1) is 23.3. The van der Waals surface area contributed by atoms with Gasteiger partial charge in [-0.25, -0.2) is 0 Å². The monoisotopic (exact) mass is 601 g/mol. The number of hydrogen-bond acceptors (Lipinski definition) is 2. The molecule has 0 aliphatic heterocycles. The Morgan fingerprint density at radius 1 is 0.638 bits per heavy atom. The number of nitrogens with zero attached hydrogens (tertiary/aromatic N) is 3. The van der Waals surface area contributed by atoms with Gasteiger partial charge in [0.2, 0.25) is 0 Å². The first-order valence-corrected chi connectivity index (χ1v) is 16.1. The van der Waals surface area contributed by atoms with Gasteiger partial charge in [0.1, 0.15) is 11.2 Å². The highest BCUT2D eigenvalue weighted by molar-refractivity contribution is 6.24. The number of fused-ring (bicyclic) bond motifs is 10. The molecule has 47 heavy (non-hydrogen) atoms. The van der Waals surface area contributed by atoms with Gasteiger partial charge in [-0.3, -0.25) is 0 Å². The third kappa shape index (κ3) is 3.69. The minimum atomic E-state index is 0.628. The second kappa shape index (κ2) is 9.84. The molecule has 0 radical (unpaired) electrons. The van der Waals surface area contributed by atoms with Crippen LogP contribution in [0.1, 0.15) is 23.2 Å². The van der Waals surface area contributed by atoms with Crippen LogP contribution in [0.2, 0.25) is 0 Å². The molecule has 0 amide bonds. The predicted octanol–water partition coefficient (Wildman–Crippen LogP) is 11.1. The summed E-state index contributed by atoms with van der Waals surface area (Å²) >= 11 is 0. The summed E-state index contributed by atoms with van der Waals surface area (Å²) in [5.41, 5.74) is 12.7. The van der Waals surface area contributed by atoms with E-state index in [0.717, 1.165) is 68.3 Å². The highest BCUT2D eigenvalue weighted by Gasteiger charge is 2.22. The zero-order valence-corrected chi connectivity index (χ0v) is 25.4. The van der Waals surface area contributed by atoms with Crippen LogP contribution in [0.5, 0.6) is 0 Å². The number of hydrogen-bond donors (Lipinski definition) is 0. The number of para-hydroxylation sites is 3. The maximum absolute atomic E-state index is 10.0. The van der Waals surface area contributed by atoms with Crippen LogP contribution in [-0.4, -0.2) is 9.13 Å². The number of nitriles is 1. The molecule has 3 aromatic heterocycles. The maximum atomic E-state index is 10.0. The number of benzene rings is 6. The number of allylic oxidation sites excluding steroid dienone is 1. The average Bonchev–Trinajstić information content (AvgIpc) is 3.79. The van der Waals surface area contributed by atoms with E-state index < -0.39 is 0 Å². The Morgan fingerprint density at radius 2 is 1.38 bits per heavy atom. The van der Waals surface area contributed by atoms with Crippen LogP contribution in [0, 0.1) is 11.3 Å². The molecule has 6 aromatic carbocycles. The molecular formula is C43H27N3O. The first kappa shape index (κ1) is 26.0. The molecule has 0 saturated heterocycles. The average molecular weight is 602 g/mol. The van der Waals surface area contributed by atoms with Crippen molar-refractivity contribution >= 4 is 60.7 Å². The van der Waals surface area contributed by atoms with Gasteiger partial charge in [-0.2, -0.15) is 5.26 Å². The fourth-order valence-electron chi connectivity index (χ4n) is 7.80. The van der Waals surface area contributed by atoms with E-state index in [1.807, 2.05) is 24.3 Å². The van der Waals surface area contributed by atoms with Crippen molar-refractivity contribution < 1.29 is 4.42 Å².